The van der Waals surface area contributed by atoms with Crippen LogP contribution >= 0.6 is 0 Å². The van der Waals surface area contributed by atoms with Crippen LogP contribution < -0.4 is 0 Å². The van der Waals surface area contributed by atoms with Crippen molar-refractivity contribution in [2.45, 2.75) is 44.9 Å². The molecule has 22 heavy (non-hydrogen) atoms. The first-order chi connectivity index (χ1) is 10.4. The van der Waals surface area contributed by atoms with Crippen LogP contribution in [0.3, 0.4) is 0 Å². The van der Waals surface area contributed by atoms with Crippen molar-refractivity contribution in [1.82, 2.24) is 4.90 Å². The monoisotopic (exact) mass is 319 g/mol. The molecular weight excluding hydrogens is 290 g/mol. The summed E-state index contributed by atoms with van der Waals surface area (Å²) in [5.41, 5.74) is 1.36. The lowest BCUT2D eigenvalue weighted by molar-refractivity contribution is 0.0881. The van der Waals surface area contributed by atoms with Crippen molar-refractivity contribution < 1.29 is 9.53 Å². The molecule has 1 aromatic rings. The molecule has 0 aliphatic carbocycles. The normalized spacial score (nSPS) is 19.0. The van der Waals surface area contributed by atoms with Crippen LogP contribution in [0.1, 0.15) is 18.4 Å². The van der Waals surface area contributed by atoms with Crippen LogP contribution in [-0.2, 0) is 11.2 Å². The molecule has 1 atom stereocenters. The van der Waals surface area contributed by atoms with Crippen molar-refractivity contribution in [2.24, 2.45) is 5.92 Å². The minimum absolute atomic E-state index is 0.115. The maximum Gasteiger partial charge on any atom is 0.409 e. The Bertz CT molecular complexity index is 470. The van der Waals surface area contributed by atoms with E-state index in [1.807, 2.05) is 11.0 Å². The highest BCUT2D eigenvalue weighted by Crippen LogP contribution is 2.21. The van der Waals surface area contributed by atoms with E-state index >= 15 is 0 Å². The van der Waals surface area contributed by atoms with Crippen LogP contribution in [0, 0.1) is 5.92 Å². The van der Waals surface area contributed by atoms with E-state index in [1.165, 1.54) is 12.0 Å². The Labute approximate surface area is 135 Å². The van der Waals surface area contributed by atoms with E-state index in [-0.39, 0.29) is 6.09 Å². The number of amides is 1. The zero-order valence-electron chi connectivity index (χ0n) is 14.2. The van der Waals surface area contributed by atoms with Crippen molar-refractivity contribution in [1.29, 1.82) is 0 Å². The predicted molar refractivity (Wildman–Crippen MR) is 93.9 cm³/mol. The summed E-state index contributed by atoms with van der Waals surface area (Å²) in [6.45, 7) is 9.17. The Morgan fingerprint density at radius 3 is 2.68 bits per heavy atom. The summed E-state index contributed by atoms with van der Waals surface area (Å²) < 4.78 is 5.48. The van der Waals surface area contributed by atoms with Crippen molar-refractivity contribution in [2.75, 3.05) is 19.7 Å². The van der Waals surface area contributed by atoms with E-state index in [0.29, 0.717) is 12.5 Å². The fraction of sp³-hybridized carbons (Fsp3) is 0.611. The van der Waals surface area contributed by atoms with Crippen molar-refractivity contribution in [3.8, 4) is 0 Å². The van der Waals surface area contributed by atoms with Gasteiger partial charge in [-0.3, -0.25) is 0 Å². The summed E-state index contributed by atoms with van der Waals surface area (Å²) >= 11 is 0. The molecule has 1 amide bonds. The standard InChI is InChI=1S/C18H29NO2Si/c1-22(2,3)13-12-21-18(20)19-11-7-10-17(15-19)14-16-8-5-4-6-9-16/h4-6,8-9,17H,7,10-15H2,1-3H3. The molecule has 1 heterocycles. The van der Waals surface area contributed by atoms with Gasteiger partial charge >= 0.3 is 6.09 Å². The number of rotatable bonds is 5. The molecular formula is C18H29NO2Si. The predicted octanol–water partition coefficient (Wildman–Crippen LogP) is 4.42. The highest BCUT2D eigenvalue weighted by atomic mass is 28.3. The number of piperidine rings is 1. The molecule has 122 valence electrons. The van der Waals surface area contributed by atoms with E-state index in [2.05, 4.69) is 43.9 Å². The molecule has 0 aromatic heterocycles. The zero-order valence-corrected chi connectivity index (χ0v) is 15.2. The highest BCUT2D eigenvalue weighted by molar-refractivity contribution is 6.76. The maximum absolute atomic E-state index is 12.2. The second-order valence-electron chi connectivity index (χ2n) is 7.57. The Kier molecular flexibility index (Phi) is 6.06. The molecule has 1 aromatic carbocycles. The maximum atomic E-state index is 12.2. The minimum atomic E-state index is -1.13. The van der Waals surface area contributed by atoms with E-state index < -0.39 is 8.07 Å². The van der Waals surface area contributed by atoms with E-state index in [9.17, 15) is 4.79 Å². The fourth-order valence-corrected chi connectivity index (χ4v) is 3.60. The number of hydrogen-bond donors (Lipinski definition) is 0. The van der Waals surface area contributed by atoms with Crippen LogP contribution in [-0.4, -0.2) is 38.8 Å². The summed E-state index contributed by atoms with van der Waals surface area (Å²) in [6, 6.07) is 11.6. The SMILES string of the molecule is C[Si](C)(C)CCOC(=O)N1CCCC(Cc2ccccc2)C1. The first-order valence-electron chi connectivity index (χ1n) is 8.40. The van der Waals surface area contributed by atoms with Crippen molar-refractivity contribution >= 4 is 14.2 Å². The molecule has 0 radical (unpaired) electrons. The van der Waals surface area contributed by atoms with Crippen LogP contribution in [0.25, 0.3) is 0 Å². The first-order valence-corrected chi connectivity index (χ1v) is 12.1. The van der Waals surface area contributed by atoms with Crippen molar-refractivity contribution in [3.63, 3.8) is 0 Å². The Morgan fingerprint density at radius 2 is 2.00 bits per heavy atom. The average Bonchev–Trinajstić information content (AvgIpc) is 2.47. The van der Waals surface area contributed by atoms with Crippen LogP contribution in [0.4, 0.5) is 4.79 Å². The Balaban J connectivity index is 1.78. The summed E-state index contributed by atoms with van der Waals surface area (Å²) in [6.07, 6.45) is 3.23. The number of ether oxygens (including phenoxy) is 1. The summed E-state index contributed by atoms with van der Waals surface area (Å²) in [7, 11) is -1.13. The number of carbonyl (C=O) groups excluding carboxylic acids is 1. The molecule has 4 heteroatoms. The lowest BCUT2D eigenvalue weighted by Crippen LogP contribution is -2.41. The van der Waals surface area contributed by atoms with Gasteiger partial charge in [0.2, 0.25) is 0 Å². The molecule has 0 bridgehead atoms. The first kappa shape index (κ1) is 17.1. The molecule has 1 saturated heterocycles. The van der Waals surface area contributed by atoms with Crippen LogP contribution in [0.15, 0.2) is 30.3 Å². The van der Waals surface area contributed by atoms with Gasteiger partial charge in [-0.1, -0.05) is 50.0 Å². The van der Waals surface area contributed by atoms with E-state index in [4.69, 9.17) is 4.74 Å². The Morgan fingerprint density at radius 1 is 1.27 bits per heavy atom. The van der Waals surface area contributed by atoms with Gasteiger partial charge in [-0.25, -0.2) is 4.79 Å². The van der Waals surface area contributed by atoms with Gasteiger partial charge in [0.25, 0.3) is 0 Å². The molecule has 1 unspecified atom stereocenters. The van der Waals surface area contributed by atoms with E-state index in [1.54, 1.807) is 0 Å². The van der Waals surface area contributed by atoms with Crippen LogP contribution in [0.2, 0.25) is 25.7 Å². The fourth-order valence-electron chi connectivity index (χ4n) is 2.88. The third kappa shape index (κ3) is 5.83. The molecule has 2 rings (SSSR count). The van der Waals surface area contributed by atoms with Gasteiger partial charge in [0.15, 0.2) is 0 Å². The third-order valence-corrected chi connectivity index (χ3v) is 5.93. The number of nitrogens with zero attached hydrogens (tertiary/aromatic N) is 1. The number of likely N-dealkylation sites (tertiary alicyclic amines) is 1. The van der Waals surface area contributed by atoms with Gasteiger partial charge in [0.1, 0.15) is 0 Å². The van der Waals surface area contributed by atoms with Gasteiger partial charge in [-0.15, -0.1) is 0 Å². The molecule has 0 saturated carbocycles. The topological polar surface area (TPSA) is 29.5 Å². The van der Waals surface area contributed by atoms with Crippen molar-refractivity contribution in [3.05, 3.63) is 35.9 Å². The molecule has 1 fully saturated rings. The zero-order chi connectivity index (χ0) is 16.0. The largest absolute Gasteiger partial charge is 0.450 e. The second kappa shape index (κ2) is 7.81. The lowest BCUT2D eigenvalue weighted by Gasteiger charge is -2.32. The van der Waals surface area contributed by atoms with Gasteiger partial charge in [0.05, 0.1) is 6.61 Å². The molecule has 1 aliphatic rings. The quantitative estimate of drug-likeness (QED) is 0.752. The summed E-state index contributed by atoms with van der Waals surface area (Å²) in [5, 5.41) is 0. The smallest absolute Gasteiger partial charge is 0.409 e. The molecule has 3 nitrogen and oxygen atoms in total. The second-order valence-corrected chi connectivity index (χ2v) is 13.2. The number of carbonyl (C=O) groups is 1. The average molecular weight is 320 g/mol. The minimum Gasteiger partial charge on any atom is -0.450 e. The van der Waals surface area contributed by atoms with Gasteiger partial charge in [0, 0.05) is 21.2 Å². The molecule has 0 spiro atoms. The summed E-state index contributed by atoms with van der Waals surface area (Å²) in [5.74, 6) is 0.556. The number of benzene rings is 1. The molecule has 0 N–H and O–H groups in total. The van der Waals surface area contributed by atoms with Crippen LogP contribution in [0.5, 0.6) is 0 Å². The van der Waals surface area contributed by atoms with Gasteiger partial charge in [-0.2, -0.15) is 0 Å². The lowest BCUT2D eigenvalue weighted by atomic mass is 9.91. The van der Waals surface area contributed by atoms with Gasteiger partial charge in [-0.05, 0) is 36.8 Å². The summed E-state index contributed by atoms with van der Waals surface area (Å²) in [4.78, 5) is 14.1. The Hall–Kier alpha value is -1.29. The van der Waals surface area contributed by atoms with Gasteiger partial charge < -0.3 is 9.64 Å². The molecule has 1 aliphatic heterocycles. The highest BCUT2D eigenvalue weighted by Gasteiger charge is 2.25. The third-order valence-electron chi connectivity index (χ3n) is 4.22. The van der Waals surface area contributed by atoms with E-state index in [0.717, 1.165) is 32.0 Å². The number of hydrogen-bond acceptors (Lipinski definition) is 2.